The van der Waals surface area contributed by atoms with Crippen molar-refractivity contribution in [3.05, 3.63) is 120 Å². The third-order valence-electron chi connectivity index (χ3n) is 5.14. The fourth-order valence-corrected chi connectivity index (χ4v) is 3.36. The highest BCUT2D eigenvalue weighted by molar-refractivity contribution is 5.66. The largest absolute Gasteiger partial charge is 0.477 e. The Kier molecular flexibility index (Phi) is 8.03. The Bertz CT molecular complexity index is 1400. The van der Waals surface area contributed by atoms with E-state index in [0.717, 1.165) is 0 Å². The monoisotopic (exact) mass is 560 g/mol. The predicted molar refractivity (Wildman–Crippen MR) is 128 cm³/mol. The molecule has 0 aliphatic heterocycles. The van der Waals surface area contributed by atoms with Crippen LogP contribution in [-0.4, -0.2) is 29.5 Å². The summed E-state index contributed by atoms with van der Waals surface area (Å²) in [4.78, 5) is 61.3. The number of non-ortho nitro benzene ring substituents is 2. The highest BCUT2D eigenvalue weighted by Crippen LogP contribution is 2.42. The van der Waals surface area contributed by atoms with Crippen LogP contribution in [0.3, 0.4) is 0 Å². The molecule has 0 heterocycles. The van der Waals surface area contributed by atoms with Crippen LogP contribution in [0.15, 0.2) is 48.5 Å². The van der Waals surface area contributed by atoms with Gasteiger partial charge in [-0.3, -0.25) is 60.7 Å². The van der Waals surface area contributed by atoms with Crippen molar-refractivity contribution in [2.45, 2.75) is 13.2 Å². The van der Waals surface area contributed by atoms with Crippen molar-refractivity contribution >= 4 is 34.1 Å². The van der Waals surface area contributed by atoms with Gasteiger partial charge in [-0.1, -0.05) is 24.3 Å². The molecule has 0 N–H and O–H groups in total. The quantitative estimate of drug-likeness (QED) is 0.220. The third-order valence-corrected chi connectivity index (χ3v) is 5.14. The summed E-state index contributed by atoms with van der Waals surface area (Å²) in [6.07, 6.45) is 0. The Balaban J connectivity index is 1.98. The number of nitro groups is 6. The van der Waals surface area contributed by atoms with Gasteiger partial charge in [0.05, 0.1) is 53.8 Å². The molecule has 0 saturated heterocycles. The van der Waals surface area contributed by atoms with Crippen molar-refractivity contribution in [3.63, 3.8) is 0 Å². The lowest BCUT2D eigenvalue weighted by Crippen LogP contribution is -2.08. The van der Waals surface area contributed by atoms with Gasteiger partial charge in [-0.25, -0.2) is 0 Å². The summed E-state index contributed by atoms with van der Waals surface area (Å²) < 4.78 is 10.6. The Hall–Kier alpha value is -6.34. The molecule has 0 aromatic heterocycles. The fourth-order valence-electron chi connectivity index (χ4n) is 3.36. The maximum atomic E-state index is 11.5. The normalized spacial score (nSPS) is 10.4. The molecule has 3 rings (SSSR count). The van der Waals surface area contributed by atoms with E-state index >= 15 is 0 Å². The zero-order valence-electron chi connectivity index (χ0n) is 19.4. The van der Waals surface area contributed by atoms with Gasteiger partial charge in [-0.15, -0.1) is 0 Å². The van der Waals surface area contributed by atoms with E-state index in [4.69, 9.17) is 9.47 Å². The van der Waals surface area contributed by atoms with Crippen molar-refractivity contribution in [1.82, 2.24) is 0 Å². The standard InChI is InChI=1S/C20H12N6O14/c27-21(28)13-5-15(23(31)32)19(16(6-13)24(33)34)39-9-11-3-1-2-4-12(11)10-40-20-17(25(35)36)7-14(22(29)30)8-18(20)26(37)38/h1-8H,9-10H2. The fraction of sp³-hybridized carbons (Fsp3) is 0.100. The Morgan fingerprint density at radius 1 is 0.475 bits per heavy atom. The van der Waals surface area contributed by atoms with E-state index in [9.17, 15) is 60.7 Å². The molecule has 20 nitrogen and oxygen atoms in total. The minimum Gasteiger partial charge on any atom is -0.477 e. The molecule has 0 saturated carbocycles. The Labute approximate surface area is 218 Å². The van der Waals surface area contributed by atoms with E-state index in [1.54, 1.807) is 0 Å². The topological polar surface area (TPSA) is 277 Å². The van der Waals surface area contributed by atoms with Crippen LogP contribution in [0.2, 0.25) is 0 Å². The van der Waals surface area contributed by atoms with E-state index in [1.165, 1.54) is 24.3 Å². The first kappa shape index (κ1) is 28.2. The van der Waals surface area contributed by atoms with Gasteiger partial charge in [0, 0.05) is 0 Å². The highest BCUT2D eigenvalue weighted by Gasteiger charge is 2.34. The number of benzene rings is 3. The number of nitro benzene ring substituents is 6. The molecule has 3 aromatic rings. The minimum absolute atomic E-state index is 0.150. The van der Waals surface area contributed by atoms with Gasteiger partial charge >= 0.3 is 22.7 Å². The molecule has 0 aliphatic carbocycles. The molecule has 3 aromatic carbocycles. The molecular formula is C20H12N6O14. The lowest BCUT2D eigenvalue weighted by Gasteiger charge is -2.13. The SMILES string of the molecule is O=[N+]([O-])c1cc([N+](=O)[O-])c(OCc2ccccc2COc2c([N+](=O)[O-])cc([N+](=O)[O-])cc2[N+](=O)[O-])c([N+](=O)[O-])c1. The van der Waals surface area contributed by atoms with Gasteiger partial charge in [0.1, 0.15) is 13.2 Å². The number of hydrogen-bond acceptors (Lipinski definition) is 14. The third kappa shape index (κ3) is 5.96. The van der Waals surface area contributed by atoms with Crippen LogP contribution in [0.4, 0.5) is 34.1 Å². The lowest BCUT2D eigenvalue weighted by molar-refractivity contribution is -0.404. The smallest absolute Gasteiger partial charge is 0.325 e. The maximum Gasteiger partial charge on any atom is 0.325 e. The molecule has 0 amide bonds. The summed E-state index contributed by atoms with van der Waals surface area (Å²) in [6.45, 7) is -1.22. The van der Waals surface area contributed by atoms with E-state index in [2.05, 4.69) is 0 Å². The van der Waals surface area contributed by atoms with Gasteiger partial charge in [0.15, 0.2) is 0 Å². The molecule has 40 heavy (non-hydrogen) atoms. The first-order chi connectivity index (χ1) is 18.8. The molecule has 0 fully saturated rings. The van der Waals surface area contributed by atoms with E-state index in [0.29, 0.717) is 24.3 Å². The predicted octanol–water partition coefficient (Wildman–Crippen LogP) is 4.29. The van der Waals surface area contributed by atoms with Crippen LogP contribution in [0, 0.1) is 60.7 Å². The average Bonchev–Trinajstić information content (AvgIpc) is 2.89. The summed E-state index contributed by atoms with van der Waals surface area (Å²) in [5, 5.41) is 67.9. The number of hydrogen-bond donors (Lipinski definition) is 0. The Morgan fingerprint density at radius 3 is 0.975 bits per heavy atom. The van der Waals surface area contributed by atoms with E-state index in [-0.39, 0.29) is 11.1 Å². The second kappa shape index (κ2) is 11.4. The zero-order chi connectivity index (χ0) is 29.7. The summed E-state index contributed by atoms with van der Waals surface area (Å²) in [7, 11) is 0. The minimum atomic E-state index is -1.11. The van der Waals surface area contributed by atoms with Gasteiger partial charge < -0.3 is 9.47 Å². The van der Waals surface area contributed by atoms with E-state index < -0.39 is 88.4 Å². The molecule has 20 heteroatoms. The second-order valence-corrected chi connectivity index (χ2v) is 7.52. The summed E-state index contributed by atoms with van der Waals surface area (Å²) in [5.74, 6) is -1.78. The van der Waals surface area contributed by atoms with Crippen molar-refractivity contribution in [2.75, 3.05) is 0 Å². The maximum absolute atomic E-state index is 11.5. The van der Waals surface area contributed by atoms with Crippen LogP contribution >= 0.6 is 0 Å². The Morgan fingerprint density at radius 2 is 0.750 bits per heavy atom. The van der Waals surface area contributed by atoms with Crippen LogP contribution < -0.4 is 9.47 Å². The van der Waals surface area contributed by atoms with Crippen LogP contribution in [-0.2, 0) is 13.2 Å². The lowest BCUT2D eigenvalue weighted by atomic mass is 10.1. The van der Waals surface area contributed by atoms with Crippen molar-refractivity contribution in [3.8, 4) is 11.5 Å². The van der Waals surface area contributed by atoms with Crippen LogP contribution in [0.25, 0.3) is 0 Å². The first-order valence-corrected chi connectivity index (χ1v) is 10.4. The number of nitrogens with zero attached hydrogens (tertiary/aromatic N) is 6. The summed E-state index contributed by atoms with van der Waals surface area (Å²) in [6, 6.07) is 7.57. The van der Waals surface area contributed by atoms with Crippen LogP contribution in [0.1, 0.15) is 11.1 Å². The van der Waals surface area contributed by atoms with Crippen molar-refractivity contribution in [1.29, 1.82) is 0 Å². The molecule has 206 valence electrons. The molecule has 0 unspecified atom stereocenters. The molecular weight excluding hydrogens is 548 g/mol. The number of ether oxygens (including phenoxy) is 2. The molecule has 0 spiro atoms. The van der Waals surface area contributed by atoms with Gasteiger partial charge in [0.25, 0.3) is 22.9 Å². The molecule has 0 aliphatic rings. The molecule has 0 atom stereocenters. The highest BCUT2D eigenvalue weighted by atomic mass is 16.7. The van der Waals surface area contributed by atoms with Gasteiger partial charge in [-0.05, 0) is 11.1 Å². The van der Waals surface area contributed by atoms with Crippen molar-refractivity contribution in [2.24, 2.45) is 0 Å². The summed E-state index contributed by atoms with van der Waals surface area (Å²) in [5.41, 5.74) is -5.80. The molecule has 0 bridgehead atoms. The van der Waals surface area contributed by atoms with Gasteiger partial charge in [-0.2, -0.15) is 0 Å². The number of rotatable bonds is 12. The average molecular weight is 560 g/mol. The second-order valence-electron chi connectivity index (χ2n) is 7.52. The zero-order valence-corrected chi connectivity index (χ0v) is 19.4. The van der Waals surface area contributed by atoms with Crippen LogP contribution in [0.5, 0.6) is 11.5 Å². The molecule has 0 radical (unpaired) electrons. The van der Waals surface area contributed by atoms with E-state index in [1.807, 2.05) is 0 Å². The first-order valence-electron chi connectivity index (χ1n) is 10.4. The van der Waals surface area contributed by atoms with Gasteiger partial charge in [0.2, 0.25) is 0 Å². The van der Waals surface area contributed by atoms with Crippen molar-refractivity contribution < 1.29 is 39.0 Å². The summed E-state index contributed by atoms with van der Waals surface area (Å²) >= 11 is 0.